The van der Waals surface area contributed by atoms with Crippen molar-refractivity contribution in [2.24, 2.45) is 5.41 Å². The lowest BCUT2D eigenvalue weighted by Gasteiger charge is -2.38. The Morgan fingerprint density at radius 3 is 2.39 bits per heavy atom. The van der Waals surface area contributed by atoms with Crippen molar-refractivity contribution in [3.05, 3.63) is 17.7 Å². The quantitative estimate of drug-likeness (QED) is 0.645. The van der Waals surface area contributed by atoms with Crippen LogP contribution < -0.4 is 0 Å². The Balaban J connectivity index is 1.55. The second kappa shape index (κ2) is 8.80. The zero-order chi connectivity index (χ0) is 23.0. The molecule has 0 radical (unpaired) electrons. The van der Waals surface area contributed by atoms with Crippen LogP contribution in [0.25, 0.3) is 0 Å². The highest BCUT2D eigenvalue weighted by Gasteiger charge is 2.41. The van der Waals surface area contributed by atoms with E-state index < -0.39 is 18.4 Å². The van der Waals surface area contributed by atoms with Gasteiger partial charge >= 0.3 is 12.3 Å². The molecule has 3 heterocycles. The summed E-state index contributed by atoms with van der Waals surface area (Å²) in [5.41, 5.74) is 0.125. The molecular weight excluding hydrogens is 413 g/mol. The van der Waals surface area contributed by atoms with Crippen molar-refractivity contribution in [1.82, 2.24) is 19.4 Å². The first kappa shape index (κ1) is 23.6. The van der Waals surface area contributed by atoms with Crippen molar-refractivity contribution < 1.29 is 27.5 Å². The van der Waals surface area contributed by atoms with E-state index in [4.69, 9.17) is 0 Å². The van der Waals surface area contributed by atoms with Crippen LogP contribution in [0.5, 0.6) is 0 Å². The molecule has 1 saturated heterocycles. The van der Waals surface area contributed by atoms with Gasteiger partial charge in [0.25, 0.3) is 0 Å². The van der Waals surface area contributed by atoms with Gasteiger partial charge in [-0.1, -0.05) is 6.92 Å². The summed E-state index contributed by atoms with van der Waals surface area (Å²) in [7, 11) is 0. The van der Waals surface area contributed by atoms with Crippen molar-refractivity contribution in [3.63, 3.8) is 0 Å². The number of ether oxygens (including phenoxy) is 1. The van der Waals surface area contributed by atoms with Crippen LogP contribution >= 0.6 is 0 Å². The maximum absolute atomic E-state index is 12.9. The van der Waals surface area contributed by atoms with Crippen molar-refractivity contribution >= 4 is 11.9 Å². The number of aromatic nitrogens is 2. The Labute approximate surface area is 180 Å². The molecule has 0 saturated carbocycles. The Morgan fingerprint density at radius 1 is 1.16 bits per heavy atom. The highest BCUT2D eigenvalue weighted by Crippen LogP contribution is 2.36. The maximum Gasteiger partial charge on any atom is 0.425 e. The molecule has 0 spiro atoms. The predicted octanol–water partition coefficient (Wildman–Crippen LogP) is 3.87. The molecule has 1 unspecified atom stereocenters. The van der Waals surface area contributed by atoms with Gasteiger partial charge < -0.3 is 14.2 Å². The van der Waals surface area contributed by atoms with Crippen molar-refractivity contribution in [2.75, 3.05) is 19.6 Å². The molecule has 7 nitrogen and oxygen atoms in total. The van der Waals surface area contributed by atoms with E-state index in [-0.39, 0.29) is 24.3 Å². The van der Waals surface area contributed by atoms with Crippen LogP contribution in [-0.2, 0) is 17.8 Å². The molecule has 174 valence electrons. The lowest BCUT2D eigenvalue weighted by molar-refractivity contribution is -0.200. The molecule has 2 aliphatic rings. The van der Waals surface area contributed by atoms with Gasteiger partial charge in [0.15, 0.2) is 11.9 Å². The summed E-state index contributed by atoms with van der Waals surface area (Å²) in [6.07, 6.45) is -4.54. The Bertz CT molecular complexity index is 813. The van der Waals surface area contributed by atoms with Gasteiger partial charge in [0, 0.05) is 44.8 Å². The minimum Gasteiger partial charge on any atom is -0.437 e. The Hall–Kier alpha value is -2.10. The summed E-state index contributed by atoms with van der Waals surface area (Å²) >= 11 is 0. The number of piperidine rings is 1. The zero-order valence-corrected chi connectivity index (χ0v) is 18.5. The molecule has 2 aliphatic heterocycles. The molecule has 10 heteroatoms. The van der Waals surface area contributed by atoms with Gasteiger partial charge in [-0.3, -0.25) is 9.69 Å². The number of amides is 1. The fourth-order valence-corrected chi connectivity index (χ4v) is 4.02. The molecule has 1 fully saturated rings. The number of fused-ring (bicyclic) bond motifs is 1. The molecule has 1 aromatic rings. The first-order chi connectivity index (χ1) is 14.4. The number of alkyl halides is 3. The van der Waals surface area contributed by atoms with E-state index in [0.717, 1.165) is 32.4 Å². The molecule has 0 N–H and O–H groups in total. The predicted molar refractivity (Wildman–Crippen MR) is 108 cm³/mol. The van der Waals surface area contributed by atoms with Crippen molar-refractivity contribution in [1.29, 1.82) is 0 Å². The van der Waals surface area contributed by atoms with E-state index in [2.05, 4.69) is 28.5 Å². The lowest BCUT2D eigenvalue weighted by Crippen LogP contribution is -2.45. The van der Waals surface area contributed by atoms with E-state index in [1.807, 2.05) is 17.7 Å². The number of carbonyl (C=O) groups is 2. The number of hydrogen-bond donors (Lipinski definition) is 0. The van der Waals surface area contributed by atoms with Gasteiger partial charge in [-0.2, -0.15) is 13.2 Å². The second-order valence-corrected chi connectivity index (χ2v) is 9.27. The second-order valence-electron chi connectivity index (χ2n) is 9.27. The van der Waals surface area contributed by atoms with E-state index in [1.54, 1.807) is 0 Å². The Morgan fingerprint density at radius 2 is 1.81 bits per heavy atom. The molecule has 31 heavy (non-hydrogen) atoms. The molecule has 1 aromatic heterocycles. The number of Topliss-reactive ketones (excluding diaryl/α,β-unsaturated/α-hetero) is 1. The third-order valence-corrected chi connectivity index (χ3v) is 6.40. The molecule has 1 amide bonds. The molecule has 0 aliphatic carbocycles. The molecular formula is C21H31F3N4O3. The average molecular weight is 444 g/mol. The number of rotatable bonds is 5. The minimum atomic E-state index is -4.58. The fraction of sp³-hybridized carbons (Fsp3) is 0.762. The SMILES string of the molecule is CC(C)N1CCn2cc(C(=O)CC3(C)CCN(C(=O)OC(C)C(F)(F)F)CC3)nc2C1. The lowest BCUT2D eigenvalue weighted by atomic mass is 9.76. The number of likely N-dealkylation sites (tertiary alicyclic amines) is 1. The van der Waals surface area contributed by atoms with Gasteiger partial charge in [-0.05, 0) is 39.0 Å². The number of carbonyl (C=O) groups excluding carboxylic acids is 2. The van der Waals surface area contributed by atoms with Crippen LogP contribution in [0.2, 0.25) is 0 Å². The smallest absolute Gasteiger partial charge is 0.425 e. The first-order valence-corrected chi connectivity index (χ1v) is 10.7. The summed E-state index contributed by atoms with van der Waals surface area (Å²) in [5.74, 6) is 0.854. The van der Waals surface area contributed by atoms with Gasteiger partial charge in [-0.25, -0.2) is 9.78 Å². The highest BCUT2D eigenvalue weighted by atomic mass is 19.4. The summed E-state index contributed by atoms with van der Waals surface area (Å²) < 4.78 is 44.4. The van der Waals surface area contributed by atoms with E-state index in [9.17, 15) is 22.8 Å². The topological polar surface area (TPSA) is 67.7 Å². The summed E-state index contributed by atoms with van der Waals surface area (Å²) in [5, 5.41) is 0. The molecule has 3 rings (SSSR count). The van der Waals surface area contributed by atoms with Gasteiger partial charge in [0.2, 0.25) is 0 Å². The largest absolute Gasteiger partial charge is 0.437 e. The molecule has 1 atom stereocenters. The van der Waals surface area contributed by atoms with Crippen LogP contribution in [0.15, 0.2) is 6.20 Å². The van der Waals surface area contributed by atoms with E-state index in [1.165, 1.54) is 4.90 Å². The molecule has 0 bridgehead atoms. The fourth-order valence-electron chi connectivity index (χ4n) is 4.02. The standard InChI is InChI=1S/C21H31F3N4O3/c1-14(2)27-9-10-28-12-16(25-18(28)13-27)17(29)11-20(4)5-7-26(8-6-20)19(30)31-15(3)21(22,23)24/h12,14-15H,5-11,13H2,1-4H3. The number of ketones is 1. The third kappa shape index (κ3) is 5.58. The van der Waals surface area contributed by atoms with E-state index in [0.29, 0.717) is 31.0 Å². The summed E-state index contributed by atoms with van der Waals surface area (Å²) in [6, 6.07) is 0.416. The van der Waals surface area contributed by atoms with Crippen LogP contribution in [-0.4, -0.2) is 69.2 Å². The third-order valence-electron chi connectivity index (χ3n) is 6.40. The minimum absolute atomic E-state index is 0.0396. The van der Waals surface area contributed by atoms with Crippen LogP contribution in [0, 0.1) is 5.41 Å². The van der Waals surface area contributed by atoms with Gasteiger partial charge in [0.05, 0.1) is 6.54 Å². The summed E-state index contributed by atoms with van der Waals surface area (Å²) in [4.78, 5) is 33.1. The van der Waals surface area contributed by atoms with Crippen molar-refractivity contribution in [2.45, 2.75) is 78.4 Å². The molecule has 0 aromatic carbocycles. The Kier molecular flexibility index (Phi) is 6.69. The zero-order valence-electron chi connectivity index (χ0n) is 18.5. The number of halogens is 3. The van der Waals surface area contributed by atoms with E-state index >= 15 is 0 Å². The number of nitrogens with zero attached hydrogens (tertiary/aromatic N) is 4. The van der Waals surface area contributed by atoms with Crippen LogP contribution in [0.1, 0.15) is 63.3 Å². The normalized spacial score (nSPS) is 20.5. The number of hydrogen-bond acceptors (Lipinski definition) is 5. The monoisotopic (exact) mass is 444 g/mol. The van der Waals surface area contributed by atoms with Crippen molar-refractivity contribution in [3.8, 4) is 0 Å². The first-order valence-electron chi connectivity index (χ1n) is 10.7. The van der Waals surface area contributed by atoms with Crippen LogP contribution in [0.4, 0.5) is 18.0 Å². The summed E-state index contributed by atoms with van der Waals surface area (Å²) in [6.45, 7) is 10.0. The van der Waals surface area contributed by atoms with Crippen LogP contribution in [0.3, 0.4) is 0 Å². The average Bonchev–Trinajstić information content (AvgIpc) is 3.11. The highest BCUT2D eigenvalue weighted by molar-refractivity contribution is 5.94. The maximum atomic E-state index is 12.9. The van der Waals surface area contributed by atoms with Gasteiger partial charge in [0.1, 0.15) is 11.5 Å². The van der Waals surface area contributed by atoms with Gasteiger partial charge in [-0.15, -0.1) is 0 Å². The number of imidazole rings is 1.